The zero-order chi connectivity index (χ0) is 10.3. The predicted octanol–water partition coefficient (Wildman–Crippen LogP) is -0.565. The molecule has 2 aliphatic rings. The molecule has 0 radical (unpaired) electrons. The number of carbonyl (C=O) groups is 1. The van der Waals surface area contributed by atoms with Crippen LogP contribution in [0.15, 0.2) is 0 Å². The number of nitrogens with one attached hydrogen (secondary N) is 1. The molecule has 2 atom stereocenters. The van der Waals surface area contributed by atoms with Crippen LogP contribution >= 0.6 is 12.2 Å². The quantitative estimate of drug-likeness (QED) is 0.237. The second-order valence-corrected chi connectivity index (χ2v) is 3.97. The van der Waals surface area contributed by atoms with Gasteiger partial charge in [0.05, 0.1) is 12.1 Å². The first-order valence-electron chi connectivity index (χ1n) is 4.44. The first-order valence-corrected chi connectivity index (χ1v) is 4.85. The van der Waals surface area contributed by atoms with Gasteiger partial charge in [-0.1, -0.05) is 12.2 Å². The Morgan fingerprint density at radius 3 is 3.00 bits per heavy atom. The number of carbonyl (C=O) groups excluding carboxylic acids is 1. The summed E-state index contributed by atoms with van der Waals surface area (Å²) in [6.07, 6.45) is 1.50. The molecule has 78 valence electrons. The molecule has 2 unspecified atom stereocenters. The Balaban J connectivity index is 2.17. The van der Waals surface area contributed by atoms with E-state index in [0.717, 1.165) is 17.9 Å². The summed E-state index contributed by atoms with van der Waals surface area (Å²) >= 11 is 5.00. The SMILES string of the molecule is NNC(=S)C1CCC2CN1C(=O)N2O. The first kappa shape index (κ1) is 9.63. The minimum Gasteiger partial charge on any atom is -0.317 e. The number of urea groups is 1. The summed E-state index contributed by atoms with van der Waals surface area (Å²) in [5.41, 5.74) is 2.39. The highest BCUT2D eigenvalue weighted by atomic mass is 32.1. The molecule has 2 saturated heterocycles. The van der Waals surface area contributed by atoms with Crippen molar-refractivity contribution in [3.05, 3.63) is 0 Å². The number of hydrazine groups is 1. The lowest BCUT2D eigenvalue weighted by Crippen LogP contribution is -2.50. The average Bonchev–Trinajstić information content (AvgIpc) is 2.44. The lowest BCUT2D eigenvalue weighted by atomic mass is 10.0. The number of hydrogen-bond donors (Lipinski definition) is 3. The molecule has 0 spiro atoms. The third-order valence-corrected chi connectivity index (χ3v) is 3.18. The van der Waals surface area contributed by atoms with Crippen LogP contribution in [-0.4, -0.2) is 44.8 Å². The van der Waals surface area contributed by atoms with E-state index in [4.69, 9.17) is 18.1 Å². The maximum absolute atomic E-state index is 11.5. The maximum Gasteiger partial charge on any atom is 0.344 e. The number of rotatable bonds is 1. The largest absolute Gasteiger partial charge is 0.344 e. The molecule has 4 N–H and O–H groups in total. The highest BCUT2D eigenvalue weighted by molar-refractivity contribution is 7.80. The summed E-state index contributed by atoms with van der Waals surface area (Å²) < 4.78 is 0. The minimum atomic E-state index is -0.380. The van der Waals surface area contributed by atoms with E-state index in [-0.39, 0.29) is 18.1 Å². The van der Waals surface area contributed by atoms with Gasteiger partial charge in [-0.15, -0.1) is 0 Å². The van der Waals surface area contributed by atoms with Gasteiger partial charge < -0.3 is 10.3 Å². The van der Waals surface area contributed by atoms with Gasteiger partial charge in [0.2, 0.25) is 0 Å². The fourth-order valence-corrected chi connectivity index (χ4v) is 2.26. The van der Waals surface area contributed by atoms with Crippen molar-refractivity contribution >= 4 is 23.2 Å². The van der Waals surface area contributed by atoms with E-state index in [1.54, 1.807) is 4.90 Å². The van der Waals surface area contributed by atoms with Crippen molar-refractivity contribution in [2.45, 2.75) is 24.9 Å². The normalized spacial score (nSPS) is 30.9. The van der Waals surface area contributed by atoms with Crippen LogP contribution in [0.1, 0.15) is 12.8 Å². The van der Waals surface area contributed by atoms with E-state index in [0.29, 0.717) is 11.5 Å². The van der Waals surface area contributed by atoms with Crippen molar-refractivity contribution in [2.24, 2.45) is 5.84 Å². The molecular formula is C7H12N4O2S. The first-order chi connectivity index (χ1) is 6.65. The van der Waals surface area contributed by atoms with E-state index in [1.807, 2.05) is 0 Å². The van der Waals surface area contributed by atoms with Crippen LogP contribution in [0.2, 0.25) is 0 Å². The molecule has 0 aliphatic carbocycles. The van der Waals surface area contributed by atoms with Gasteiger partial charge in [-0.2, -0.15) is 0 Å². The number of piperidine rings is 1. The average molecular weight is 216 g/mol. The Morgan fingerprint density at radius 2 is 2.36 bits per heavy atom. The van der Waals surface area contributed by atoms with E-state index >= 15 is 0 Å². The van der Waals surface area contributed by atoms with Gasteiger partial charge in [0.1, 0.15) is 4.99 Å². The minimum absolute atomic E-state index is 0.0840. The Kier molecular flexibility index (Phi) is 2.30. The Hall–Kier alpha value is -0.920. The maximum atomic E-state index is 11.5. The van der Waals surface area contributed by atoms with Crippen LogP contribution in [0.4, 0.5) is 4.79 Å². The topological polar surface area (TPSA) is 81.8 Å². The summed E-state index contributed by atoms with van der Waals surface area (Å²) in [6.45, 7) is 0.530. The molecule has 2 fully saturated rings. The van der Waals surface area contributed by atoms with E-state index < -0.39 is 0 Å². The molecule has 2 amide bonds. The summed E-state index contributed by atoms with van der Waals surface area (Å²) in [7, 11) is 0. The van der Waals surface area contributed by atoms with Crippen molar-refractivity contribution < 1.29 is 10.0 Å². The molecule has 6 nitrogen and oxygen atoms in total. The van der Waals surface area contributed by atoms with E-state index in [2.05, 4.69) is 5.43 Å². The number of fused-ring (bicyclic) bond motifs is 2. The zero-order valence-electron chi connectivity index (χ0n) is 7.51. The number of nitrogens with two attached hydrogens (primary N) is 1. The van der Waals surface area contributed by atoms with Crippen LogP contribution < -0.4 is 11.3 Å². The van der Waals surface area contributed by atoms with Gasteiger partial charge in [0.15, 0.2) is 0 Å². The Labute approximate surface area is 86.6 Å². The molecule has 0 saturated carbocycles. The van der Waals surface area contributed by atoms with Crippen molar-refractivity contribution in [2.75, 3.05) is 6.54 Å². The summed E-state index contributed by atoms with van der Waals surface area (Å²) in [4.78, 5) is 13.5. The van der Waals surface area contributed by atoms with Crippen LogP contribution in [0.25, 0.3) is 0 Å². The van der Waals surface area contributed by atoms with E-state index in [1.165, 1.54) is 0 Å². The predicted molar refractivity (Wildman–Crippen MR) is 52.5 cm³/mol. The molecule has 2 heterocycles. The Morgan fingerprint density at radius 1 is 1.64 bits per heavy atom. The number of nitrogens with zero attached hydrogens (tertiary/aromatic N) is 2. The smallest absolute Gasteiger partial charge is 0.317 e. The van der Waals surface area contributed by atoms with Crippen molar-refractivity contribution in [1.82, 2.24) is 15.4 Å². The van der Waals surface area contributed by atoms with Crippen molar-refractivity contribution in [3.63, 3.8) is 0 Å². The van der Waals surface area contributed by atoms with Gasteiger partial charge >= 0.3 is 6.03 Å². The van der Waals surface area contributed by atoms with Crippen LogP contribution in [0.5, 0.6) is 0 Å². The number of hydroxylamine groups is 2. The lowest BCUT2D eigenvalue weighted by molar-refractivity contribution is -0.0583. The molecule has 14 heavy (non-hydrogen) atoms. The number of thiocarbonyl (C=S) groups is 1. The third-order valence-electron chi connectivity index (χ3n) is 2.79. The lowest BCUT2D eigenvalue weighted by Gasteiger charge is -2.30. The van der Waals surface area contributed by atoms with E-state index in [9.17, 15) is 10.0 Å². The molecule has 2 bridgehead atoms. The molecule has 2 rings (SSSR count). The number of hydrogen-bond acceptors (Lipinski definition) is 4. The molecular weight excluding hydrogens is 204 g/mol. The van der Waals surface area contributed by atoms with Crippen molar-refractivity contribution in [3.8, 4) is 0 Å². The molecule has 2 aliphatic heterocycles. The Bertz CT molecular complexity index is 285. The van der Waals surface area contributed by atoms with Crippen molar-refractivity contribution in [1.29, 1.82) is 0 Å². The molecule has 0 aromatic heterocycles. The second-order valence-electron chi connectivity index (χ2n) is 3.54. The fourth-order valence-electron chi connectivity index (χ4n) is 2.02. The van der Waals surface area contributed by atoms with Gasteiger partial charge in [-0.05, 0) is 12.8 Å². The summed E-state index contributed by atoms with van der Waals surface area (Å²) in [5.74, 6) is 5.21. The van der Waals surface area contributed by atoms with Crippen LogP contribution in [-0.2, 0) is 0 Å². The molecule has 0 aromatic carbocycles. The van der Waals surface area contributed by atoms with Gasteiger partial charge in [0.25, 0.3) is 0 Å². The highest BCUT2D eigenvalue weighted by Crippen LogP contribution is 2.28. The summed E-state index contributed by atoms with van der Waals surface area (Å²) in [6, 6.07) is -0.634. The van der Waals surface area contributed by atoms with Gasteiger partial charge in [0, 0.05) is 6.54 Å². The zero-order valence-corrected chi connectivity index (χ0v) is 8.33. The fraction of sp³-hybridized carbons (Fsp3) is 0.714. The second kappa shape index (κ2) is 3.34. The molecule has 0 aromatic rings. The monoisotopic (exact) mass is 216 g/mol. The van der Waals surface area contributed by atoms with Gasteiger partial charge in [-0.3, -0.25) is 5.21 Å². The number of amides is 2. The van der Waals surface area contributed by atoms with Crippen LogP contribution in [0.3, 0.4) is 0 Å². The highest BCUT2D eigenvalue weighted by Gasteiger charge is 2.45. The summed E-state index contributed by atoms with van der Waals surface area (Å²) in [5, 5.41) is 10.2. The third kappa shape index (κ3) is 1.24. The molecule has 7 heteroatoms. The standard InChI is InChI=1S/C7H12N4O2S/c8-9-6(14)5-2-1-4-3-10(5)7(12)11(4)13/h4-5,13H,1-3,8H2,(H,9,14). The van der Waals surface area contributed by atoms with Gasteiger partial charge in [-0.25, -0.2) is 15.7 Å². The van der Waals surface area contributed by atoms with Crippen LogP contribution in [0, 0.1) is 0 Å².